The van der Waals surface area contributed by atoms with Crippen LogP contribution in [0.3, 0.4) is 0 Å². The minimum Gasteiger partial charge on any atom is -0.487 e. The van der Waals surface area contributed by atoms with Crippen molar-refractivity contribution in [2.75, 3.05) is 19.8 Å². The second kappa shape index (κ2) is 18.9. The zero-order valence-corrected chi connectivity index (χ0v) is 23.1. The summed E-state index contributed by atoms with van der Waals surface area (Å²) in [5.74, 6) is 2.34. The number of hydrogen-bond acceptors (Lipinski definition) is 5. The highest BCUT2D eigenvalue weighted by Crippen LogP contribution is 2.21. The summed E-state index contributed by atoms with van der Waals surface area (Å²) in [6.07, 6.45) is 3.30. The highest BCUT2D eigenvalue weighted by Gasteiger charge is 2.27. The molecule has 0 aliphatic rings. The third-order valence-electron chi connectivity index (χ3n) is 5.50. The molecule has 5 heteroatoms. The summed E-state index contributed by atoms with van der Waals surface area (Å²) in [5, 5.41) is 9.44. The Bertz CT molecular complexity index is 778. The molecule has 0 saturated heterocycles. The Morgan fingerprint density at radius 2 is 1.17 bits per heavy atom. The van der Waals surface area contributed by atoms with Crippen molar-refractivity contribution in [3.05, 3.63) is 73.3 Å². The predicted molar refractivity (Wildman–Crippen MR) is 149 cm³/mol. The number of aliphatic hydroxyl groups is 1. The van der Waals surface area contributed by atoms with Gasteiger partial charge in [0.1, 0.15) is 35.9 Å². The Hall–Kier alpha value is -2.34. The van der Waals surface area contributed by atoms with Gasteiger partial charge in [0.25, 0.3) is 0 Å². The third-order valence-corrected chi connectivity index (χ3v) is 5.50. The van der Waals surface area contributed by atoms with Gasteiger partial charge in [-0.25, -0.2) is 0 Å². The first kappa shape index (κ1) is 31.7. The number of benzene rings is 2. The summed E-state index contributed by atoms with van der Waals surface area (Å²) in [7, 11) is 0. The van der Waals surface area contributed by atoms with Crippen LogP contribution in [-0.4, -0.2) is 49.3 Å². The molecule has 2 rings (SSSR count). The van der Waals surface area contributed by atoms with Gasteiger partial charge in [-0.05, 0) is 48.9 Å². The molecule has 0 aliphatic carbocycles. The maximum atomic E-state index is 9.44. The van der Waals surface area contributed by atoms with Crippen molar-refractivity contribution in [2.24, 2.45) is 11.8 Å². The molecule has 0 fully saturated rings. The van der Waals surface area contributed by atoms with Crippen molar-refractivity contribution in [2.45, 2.75) is 78.8 Å². The molecule has 2 aromatic carbocycles. The average Bonchev–Trinajstić information content (AvgIpc) is 2.89. The molecule has 0 amide bonds. The zero-order chi connectivity index (χ0) is 26.8. The Morgan fingerprint density at radius 3 is 1.56 bits per heavy atom. The van der Waals surface area contributed by atoms with E-state index in [1.807, 2.05) is 66.7 Å². The lowest BCUT2D eigenvalue weighted by atomic mass is 10.0. The Labute approximate surface area is 219 Å². The van der Waals surface area contributed by atoms with Gasteiger partial charge in [0.15, 0.2) is 0 Å². The molecule has 36 heavy (non-hydrogen) atoms. The quantitative estimate of drug-likeness (QED) is 0.253. The molecule has 202 valence electrons. The lowest BCUT2D eigenvalue weighted by Crippen LogP contribution is -2.41. The van der Waals surface area contributed by atoms with Crippen LogP contribution >= 0.6 is 0 Å². The maximum absolute atomic E-state index is 9.44. The van der Waals surface area contributed by atoms with E-state index in [2.05, 4.69) is 48.1 Å². The van der Waals surface area contributed by atoms with Gasteiger partial charge in [0.05, 0.1) is 6.61 Å². The van der Waals surface area contributed by atoms with Crippen LogP contribution in [-0.2, 0) is 9.47 Å². The number of ether oxygens (including phenoxy) is 4. The van der Waals surface area contributed by atoms with Gasteiger partial charge in [-0.15, -0.1) is 6.58 Å². The van der Waals surface area contributed by atoms with E-state index in [9.17, 15) is 5.11 Å². The van der Waals surface area contributed by atoms with Crippen LogP contribution in [0.25, 0.3) is 0 Å². The molecule has 0 saturated carbocycles. The first-order valence-electron chi connectivity index (χ1n) is 13.3. The topological polar surface area (TPSA) is 57.2 Å². The minimum absolute atomic E-state index is 0.00329. The van der Waals surface area contributed by atoms with E-state index in [1.165, 1.54) is 0 Å². The maximum Gasteiger partial charge on any atom is 0.131 e. The number of para-hydroxylation sites is 2. The standard InChI is InChI=1S/C16H24O2.C15H24O3/c1-5-12-17-15(6-2)16(13(3)4)18-14-10-8-7-9-11-14;1-4-10-17-14(11-16)15(12(2)3)18-13-8-6-5-7-9-13/h6-11,13,15-16H,2,5,12H2,1,3-4H3;5-9,12,14-16H,4,10-11H2,1-3H3/t15-,16-;14-,15-/m00/s1. The van der Waals surface area contributed by atoms with E-state index in [-0.39, 0.29) is 36.9 Å². The summed E-state index contributed by atoms with van der Waals surface area (Å²) < 4.78 is 23.4. The molecular formula is C31H48O5. The SMILES string of the molecule is C=C[C@H](OCCC)[C@@H](Oc1ccccc1)C(C)C.CCCO[C@@H](CO)[C@@H](Oc1ccccc1)C(C)C. The molecule has 0 radical (unpaired) electrons. The van der Waals surface area contributed by atoms with E-state index in [0.29, 0.717) is 12.5 Å². The van der Waals surface area contributed by atoms with E-state index in [4.69, 9.17) is 18.9 Å². The van der Waals surface area contributed by atoms with Crippen molar-refractivity contribution in [1.29, 1.82) is 0 Å². The van der Waals surface area contributed by atoms with Crippen LogP contribution in [0.15, 0.2) is 73.3 Å². The molecule has 2 aromatic rings. The van der Waals surface area contributed by atoms with E-state index in [1.54, 1.807) is 0 Å². The lowest BCUT2D eigenvalue weighted by Gasteiger charge is -2.29. The average molecular weight is 501 g/mol. The minimum atomic E-state index is -0.273. The van der Waals surface area contributed by atoms with Gasteiger partial charge in [-0.2, -0.15) is 0 Å². The summed E-state index contributed by atoms with van der Waals surface area (Å²) >= 11 is 0. The molecule has 0 aromatic heterocycles. The van der Waals surface area contributed by atoms with Gasteiger partial charge in [-0.1, -0.05) is 84.0 Å². The van der Waals surface area contributed by atoms with Gasteiger partial charge >= 0.3 is 0 Å². The van der Waals surface area contributed by atoms with Gasteiger partial charge in [0, 0.05) is 13.2 Å². The van der Waals surface area contributed by atoms with Crippen molar-refractivity contribution < 1.29 is 24.1 Å². The van der Waals surface area contributed by atoms with Crippen LogP contribution in [0.2, 0.25) is 0 Å². The lowest BCUT2D eigenvalue weighted by molar-refractivity contribution is -0.0680. The normalized spacial score (nSPS) is 14.4. The third kappa shape index (κ3) is 12.1. The van der Waals surface area contributed by atoms with Crippen LogP contribution in [0.1, 0.15) is 54.4 Å². The van der Waals surface area contributed by atoms with Crippen LogP contribution < -0.4 is 9.47 Å². The molecular weight excluding hydrogens is 452 g/mol. The smallest absolute Gasteiger partial charge is 0.131 e. The largest absolute Gasteiger partial charge is 0.487 e. The van der Waals surface area contributed by atoms with Crippen molar-refractivity contribution >= 4 is 0 Å². The van der Waals surface area contributed by atoms with E-state index < -0.39 is 0 Å². The fourth-order valence-corrected chi connectivity index (χ4v) is 3.61. The number of aliphatic hydroxyl groups excluding tert-OH is 1. The van der Waals surface area contributed by atoms with Gasteiger partial charge in [0.2, 0.25) is 0 Å². The molecule has 1 N–H and O–H groups in total. The molecule has 0 aliphatic heterocycles. The number of hydrogen-bond donors (Lipinski definition) is 1. The first-order valence-corrected chi connectivity index (χ1v) is 13.3. The Balaban J connectivity index is 0.000000360. The Morgan fingerprint density at radius 1 is 0.722 bits per heavy atom. The fourth-order valence-electron chi connectivity index (χ4n) is 3.61. The van der Waals surface area contributed by atoms with E-state index in [0.717, 1.165) is 30.9 Å². The van der Waals surface area contributed by atoms with Crippen molar-refractivity contribution in [3.63, 3.8) is 0 Å². The van der Waals surface area contributed by atoms with Crippen molar-refractivity contribution in [3.8, 4) is 11.5 Å². The summed E-state index contributed by atoms with van der Waals surface area (Å²) in [6, 6.07) is 19.5. The molecule has 0 bridgehead atoms. The summed E-state index contributed by atoms with van der Waals surface area (Å²) in [6.45, 7) is 17.8. The monoisotopic (exact) mass is 500 g/mol. The van der Waals surface area contributed by atoms with E-state index >= 15 is 0 Å². The second-order valence-electron chi connectivity index (χ2n) is 9.44. The first-order chi connectivity index (χ1) is 17.4. The van der Waals surface area contributed by atoms with Crippen LogP contribution in [0.5, 0.6) is 11.5 Å². The summed E-state index contributed by atoms with van der Waals surface area (Å²) in [5.41, 5.74) is 0. The predicted octanol–water partition coefficient (Wildman–Crippen LogP) is 6.95. The molecule has 4 atom stereocenters. The second-order valence-corrected chi connectivity index (χ2v) is 9.44. The van der Waals surface area contributed by atoms with Crippen LogP contribution in [0, 0.1) is 11.8 Å². The van der Waals surface area contributed by atoms with Crippen LogP contribution in [0.4, 0.5) is 0 Å². The molecule has 0 unspecified atom stereocenters. The molecule has 0 heterocycles. The van der Waals surface area contributed by atoms with Crippen molar-refractivity contribution in [1.82, 2.24) is 0 Å². The summed E-state index contributed by atoms with van der Waals surface area (Å²) in [4.78, 5) is 0. The Kier molecular flexibility index (Phi) is 16.6. The van der Waals surface area contributed by atoms with Gasteiger partial charge in [-0.3, -0.25) is 0 Å². The number of rotatable bonds is 16. The fraction of sp³-hybridized carbons (Fsp3) is 0.548. The highest BCUT2D eigenvalue weighted by atomic mass is 16.6. The highest BCUT2D eigenvalue weighted by molar-refractivity contribution is 5.22. The molecule has 5 nitrogen and oxygen atoms in total. The van der Waals surface area contributed by atoms with Gasteiger partial charge < -0.3 is 24.1 Å². The zero-order valence-electron chi connectivity index (χ0n) is 23.1. The molecule has 0 spiro atoms.